The van der Waals surface area contributed by atoms with Gasteiger partial charge in [0.25, 0.3) is 10.0 Å². The molecular weight excluding hydrogens is 347 g/mol. The number of aryl methyl sites for hydroxylation is 1. The van der Waals surface area contributed by atoms with Crippen molar-refractivity contribution >= 4 is 21.7 Å². The smallest absolute Gasteiger partial charge is 0.416 e. The minimum atomic E-state index is -4.68. The van der Waals surface area contributed by atoms with Crippen LogP contribution in [0.3, 0.4) is 0 Å². The highest BCUT2D eigenvalue weighted by Gasteiger charge is 2.31. The second-order valence-corrected chi connectivity index (χ2v) is 6.65. The standard InChI is InChI=1S/C15H12F3NO4S/c1-9-5-6-10(14(20)21)7-13(9)19-24(22,23)12-4-2-3-11(8-12)15(16,17)18/h2-8,19H,1H3,(H,20,21). The first kappa shape index (κ1) is 17.8. The molecule has 0 radical (unpaired) electrons. The molecule has 2 aromatic carbocycles. The van der Waals surface area contributed by atoms with Crippen LogP contribution in [0.2, 0.25) is 0 Å². The van der Waals surface area contributed by atoms with Crippen molar-refractivity contribution in [3.8, 4) is 0 Å². The molecule has 5 nitrogen and oxygen atoms in total. The van der Waals surface area contributed by atoms with Crippen molar-refractivity contribution in [3.05, 3.63) is 59.2 Å². The molecule has 0 saturated carbocycles. The molecule has 0 unspecified atom stereocenters. The van der Waals surface area contributed by atoms with Crippen LogP contribution >= 0.6 is 0 Å². The Morgan fingerprint density at radius 1 is 1.12 bits per heavy atom. The van der Waals surface area contributed by atoms with Crippen LogP contribution < -0.4 is 4.72 Å². The van der Waals surface area contributed by atoms with E-state index in [4.69, 9.17) is 5.11 Å². The van der Waals surface area contributed by atoms with Gasteiger partial charge in [0.05, 0.1) is 21.7 Å². The lowest BCUT2D eigenvalue weighted by Crippen LogP contribution is -2.15. The van der Waals surface area contributed by atoms with Gasteiger partial charge in [-0.05, 0) is 42.8 Å². The van der Waals surface area contributed by atoms with Crippen LogP contribution in [0.4, 0.5) is 18.9 Å². The molecule has 0 spiro atoms. The molecule has 0 aliphatic rings. The van der Waals surface area contributed by atoms with E-state index in [2.05, 4.69) is 4.72 Å². The normalized spacial score (nSPS) is 12.0. The third-order valence-electron chi connectivity index (χ3n) is 3.20. The summed E-state index contributed by atoms with van der Waals surface area (Å²) >= 11 is 0. The van der Waals surface area contributed by atoms with Crippen molar-refractivity contribution in [2.45, 2.75) is 18.0 Å². The Kier molecular flexibility index (Phi) is 4.57. The van der Waals surface area contributed by atoms with E-state index in [1.165, 1.54) is 19.1 Å². The fraction of sp³-hybridized carbons (Fsp3) is 0.133. The maximum atomic E-state index is 12.7. The van der Waals surface area contributed by atoms with E-state index in [1.54, 1.807) is 0 Å². The number of hydrogen-bond acceptors (Lipinski definition) is 3. The van der Waals surface area contributed by atoms with Crippen molar-refractivity contribution in [1.29, 1.82) is 0 Å². The molecule has 0 amide bonds. The lowest BCUT2D eigenvalue weighted by Gasteiger charge is -2.13. The highest BCUT2D eigenvalue weighted by atomic mass is 32.2. The van der Waals surface area contributed by atoms with Crippen molar-refractivity contribution in [2.24, 2.45) is 0 Å². The van der Waals surface area contributed by atoms with Crippen molar-refractivity contribution in [1.82, 2.24) is 0 Å². The SMILES string of the molecule is Cc1ccc(C(=O)O)cc1NS(=O)(=O)c1cccc(C(F)(F)F)c1. The Morgan fingerprint density at radius 2 is 1.79 bits per heavy atom. The van der Waals surface area contributed by atoms with E-state index < -0.39 is 32.6 Å². The van der Waals surface area contributed by atoms with Crippen molar-refractivity contribution < 1.29 is 31.5 Å². The Bertz CT molecular complexity index is 892. The van der Waals surface area contributed by atoms with Gasteiger partial charge in [0.15, 0.2) is 0 Å². The lowest BCUT2D eigenvalue weighted by atomic mass is 10.1. The molecule has 9 heteroatoms. The summed E-state index contributed by atoms with van der Waals surface area (Å²) in [7, 11) is -4.30. The maximum absolute atomic E-state index is 12.7. The van der Waals surface area contributed by atoms with Gasteiger partial charge in [0.2, 0.25) is 0 Å². The molecule has 0 fully saturated rings. The summed E-state index contributed by atoms with van der Waals surface area (Å²) in [5.74, 6) is -1.26. The molecule has 0 atom stereocenters. The fourth-order valence-corrected chi connectivity index (χ4v) is 3.08. The van der Waals surface area contributed by atoms with E-state index in [0.29, 0.717) is 11.6 Å². The zero-order chi connectivity index (χ0) is 18.1. The number of hydrogen-bond donors (Lipinski definition) is 2. The van der Waals surface area contributed by atoms with Gasteiger partial charge in [0.1, 0.15) is 0 Å². The van der Waals surface area contributed by atoms with Gasteiger partial charge in [-0.15, -0.1) is 0 Å². The van der Waals surface area contributed by atoms with Gasteiger partial charge in [-0.3, -0.25) is 4.72 Å². The van der Waals surface area contributed by atoms with Crippen molar-refractivity contribution in [3.63, 3.8) is 0 Å². The molecule has 0 aliphatic carbocycles. The Labute approximate surface area is 135 Å². The van der Waals surface area contributed by atoms with E-state index in [-0.39, 0.29) is 11.3 Å². The Morgan fingerprint density at radius 3 is 2.38 bits per heavy atom. The zero-order valence-electron chi connectivity index (χ0n) is 12.3. The number of carboxylic acids is 1. The molecule has 128 valence electrons. The predicted octanol–water partition coefficient (Wildman–Crippen LogP) is 3.51. The quantitative estimate of drug-likeness (QED) is 0.875. The number of nitrogens with one attached hydrogen (secondary N) is 1. The van der Waals surface area contributed by atoms with Crippen LogP contribution in [0.1, 0.15) is 21.5 Å². The first-order valence-electron chi connectivity index (χ1n) is 6.55. The third-order valence-corrected chi connectivity index (χ3v) is 4.56. The predicted molar refractivity (Wildman–Crippen MR) is 80.4 cm³/mol. The largest absolute Gasteiger partial charge is 0.478 e. The molecule has 0 heterocycles. The number of rotatable bonds is 4. The first-order valence-corrected chi connectivity index (χ1v) is 8.03. The molecule has 24 heavy (non-hydrogen) atoms. The highest BCUT2D eigenvalue weighted by Crippen LogP contribution is 2.31. The summed E-state index contributed by atoms with van der Waals surface area (Å²) in [6.07, 6.45) is -4.68. The number of aromatic carboxylic acids is 1. The first-order chi connectivity index (χ1) is 11.0. The van der Waals surface area contributed by atoms with Crippen LogP contribution in [-0.2, 0) is 16.2 Å². The summed E-state index contributed by atoms with van der Waals surface area (Å²) in [4.78, 5) is 10.4. The summed E-state index contributed by atoms with van der Waals surface area (Å²) < 4.78 is 64.8. The summed E-state index contributed by atoms with van der Waals surface area (Å²) in [6, 6.07) is 7.07. The number of alkyl halides is 3. The van der Waals surface area contributed by atoms with E-state index >= 15 is 0 Å². The van der Waals surface area contributed by atoms with Gasteiger partial charge in [0, 0.05) is 0 Å². The molecule has 2 rings (SSSR count). The number of benzene rings is 2. The Balaban J connectivity index is 2.43. The van der Waals surface area contributed by atoms with Gasteiger partial charge in [-0.25, -0.2) is 13.2 Å². The molecule has 0 aliphatic heterocycles. The minimum Gasteiger partial charge on any atom is -0.478 e. The van der Waals surface area contributed by atoms with Crippen LogP contribution in [0.25, 0.3) is 0 Å². The average molecular weight is 359 g/mol. The zero-order valence-corrected chi connectivity index (χ0v) is 13.1. The van der Waals surface area contributed by atoms with Crippen molar-refractivity contribution in [2.75, 3.05) is 4.72 Å². The van der Waals surface area contributed by atoms with Gasteiger partial charge >= 0.3 is 12.1 Å². The number of sulfonamides is 1. The fourth-order valence-electron chi connectivity index (χ4n) is 1.91. The van der Waals surface area contributed by atoms with Crippen LogP contribution in [0.15, 0.2) is 47.4 Å². The number of carbonyl (C=O) groups is 1. The molecule has 0 saturated heterocycles. The van der Waals surface area contributed by atoms with Gasteiger partial charge in [-0.1, -0.05) is 12.1 Å². The third kappa shape index (κ3) is 3.85. The van der Waals surface area contributed by atoms with E-state index in [0.717, 1.165) is 24.3 Å². The lowest BCUT2D eigenvalue weighted by molar-refractivity contribution is -0.137. The molecule has 2 N–H and O–H groups in total. The van der Waals surface area contributed by atoms with Crippen LogP contribution in [0.5, 0.6) is 0 Å². The molecule has 0 bridgehead atoms. The summed E-state index contributed by atoms with van der Waals surface area (Å²) in [5, 5.41) is 8.94. The topological polar surface area (TPSA) is 83.5 Å². The second-order valence-electron chi connectivity index (χ2n) is 4.97. The molecular formula is C15H12F3NO4S. The second kappa shape index (κ2) is 6.16. The van der Waals surface area contributed by atoms with Gasteiger partial charge < -0.3 is 5.11 Å². The summed E-state index contributed by atoms with van der Waals surface area (Å²) in [6.45, 7) is 1.54. The number of anilines is 1. The summed E-state index contributed by atoms with van der Waals surface area (Å²) in [5.41, 5.74) is -0.841. The van der Waals surface area contributed by atoms with Crippen LogP contribution in [0, 0.1) is 6.92 Å². The van der Waals surface area contributed by atoms with Gasteiger partial charge in [-0.2, -0.15) is 13.2 Å². The monoisotopic (exact) mass is 359 g/mol. The average Bonchev–Trinajstić information content (AvgIpc) is 2.48. The van der Waals surface area contributed by atoms with Crippen LogP contribution in [-0.4, -0.2) is 19.5 Å². The van der Waals surface area contributed by atoms with E-state index in [9.17, 15) is 26.4 Å². The number of halogens is 3. The van der Waals surface area contributed by atoms with E-state index in [1.807, 2.05) is 0 Å². The number of carboxylic acid groups (broad SMARTS) is 1. The molecule has 2 aromatic rings. The minimum absolute atomic E-state index is 0.0210. The Hall–Kier alpha value is -2.55. The highest BCUT2D eigenvalue weighted by molar-refractivity contribution is 7.92. The molecule has 0 aromatic heterocycles. The maximum Gasteiger partial charge on any atom is 0.416 e.